The summed E-state index contributed by atoms with van der Waals surface area (Å²) in [7, 11) is -2.94. The third-order valence-corrected chi connectivity index (χ3v) is 2.95. The second kappa shape index (κ2) is 5.34. The lowest BCUT2D eigenvalue weighted by Crippen LogP contribution is -2.08. The van der Waals surface area contributed by atoms with Gasteiger partial charge in [-0.15, -0.1) is 0 Å². The zero-order valence-corrected chi connectivity index (χ0v) is 10.8. The van der Waals surface area contributed by atoms with E-state index in [2.05, 4.69) is 19.2 Å². The van der Waals surface area contributed by atoms with Crippen molar-refractivity contribution in [2.24, 2.45) is 5.92 Å². The van der Waals surface area contributed by atoms with Crippen molar-refractivity contribution in [1.29, 1.82) is 0 Å². The zero-order valence-electron chi connectivity index (χ0n) is 10.0. The highest BCUT2D eigenvalue weighted by molar-refractivity contribution is 7.89. The number of benzene rings is 1. The lowest BCUT2D eigenvalue weighted by atomic mass is 10.2. The Bertz CT molecular complexity index is 421. The van der Waals surface area contributed by atoms with Crippen LogP contribution in [0.15, 0.2) is 24.3 Å². The van der Waals surface area contributed by atoms with E-state index < -0.39 is 9.84 Å². The Labute approximate surface area is 97.8 Å². The fraction of sp³-hybridized carbons (Fsp3) is 0.500. The zero-order chi connectivity index (χ0) is 12.2. The summed E-state index contributed by atoms with van der Waals surface area (Å²) in [6.45, 7) is 5.21. The maximum absolute atomic E-state index is 11.1. The molecule has 0 aromatic heterocycles. The number of anilines is 1. The Kier molecular flexibility index (Phi) is 4.35. The maximum atomic E-state index is 11.1. The van der Waals surface area contributed by atoms with Gasteiger partial charge in [0, 0.05) is 18.5 Å². The SMILES string of the molecule is CC(C)CNc1ccc(CS(C)(=O)=O)cc1. The van der Waals surface area contributed by atoms with Crippen LogP contribution in [0, 0.1) is 5.92 Å². The normalized spacial score (nSPS) is 11.8. The molecular formula is C12H19NO2S. The molecule has 1 aromatic rings. The second-order valence-corrected chi connectivity index (χ2v) is 6.68. The smallest absolute Gasteiger partial charge is 0.151 e. The standard InChI is InChI=1S/C12H19NO2S/c1-10(2)8-13-12-6-4-11(5-7-12)9-16(3,14)15/h4-7,10,13H,8-9H2,1-3H3. The average molecular weight is 241 g/mol. The van der Waals surface area contributed by atoms with E-state index >= 15 is 0 Å². The maximum Gasteiger partial charge on any atom is 0.151 e. The minimum absolute atomic E-state index is 0.109. The summed E-state index contributed by atoms with van der Waals surface area (Å²) < 4.78 is 22.2. The van der Waals surface area contributed by atoms with Crippen molar-refractivity contribution in [3.05, 3.63) is 29.8 Å². The Morgan fingerprint density at radius 1 is 1.19 bits per heavy atom. The van der Waals surface area contributed by atoms with Gasteiger partial charge in [0.05, 0.1) is 5.75 Å². The van der Waals surface area contributed by atoms with E-state index in [4.69, 9.17) is 0 Å². The number of sulfone groups is 1. The van der Waals surface area contributed by atoms with Crippen molar-refractivity contribution in [1.82, 2.24) is 0 Å². The molecule has 0 atom stereocenters. The van der Waals surface area contributed by atoms with Crippen LogP contribution in [0.2, 0.25) is 0 Å². The first-order valence-corrected chi connectivity index (χ1v) is 7.43. The molecule has 90 valence electrons. The molecule has 0 unspecified atom stereocenters. The van der Waals surface area contributed by atoms with Gasteiger partial charge in [-0.25, -0.2) is 8.42 Å². The van der Waals surface area contributed by atoms with E-state index in [9.17, 15) is 8.42 Å². The summed E-state index contributed by atoms with van der Waals surface area (Å²) in [4.78, 5) is 0. The quantitative estimate of drug-likeness (QED) is 0.860. The van der Waals surface area contributed by atoms with Gasteiger partial charge in [-0.1, -0.05) is 26.0 Å². The van der Waals surface area contributed by atoms with Crippen LogP contribution >= 0.6 is 0 Å². The van der Waals surface area contributed by atoms with Gasteiger partial charge in [0.25, 0.3) is 0 Å². The molecule has 0 aliphatic carbocycles. The molecule has 0 bridgehead atoms. The van der Waals surface area contributed by atoms with Crippen molar-refractivity contribution in [2.45, 2.75) is 19.6 Å². The topological polar surface area (TPSA) is 46.2 Å². The largest absolute Gasteiger partial charge is 0.385 e. The van der Waals surface area contributed by atoms with Gasteiger partial charge in [0.1, 0.15) is 0 Å². The predicted molar refractivity (Wildman–Crippen MR) is 68.3 cm³/mol. The fourth-order valence-corrected chi connectivity index (χ4v) is 2.14. The van der Waals surface area contributed by atoms with Crippen LogP contribution in [0.25, 0.3) is 0 Å². The van der Waals surface area contributed by atoms with Crippen LogP contribution in [-0.2, 0) is 15.6 Å². The number of hydrogen-bond donors (Lipinski definition) is 1. The van der Waals surface area contributed by atoms with E-state index in [1.807, 2.05) is 24.3 Å². The Morgan fingerprint density at radius 2 is 1.75 bits per heavy atom. The molecule has 4 heteroatoms. The third-order valence-electron chi connectivity index (χ3n) is 2.10. The van der Waals surface area contributed by atoms with Crippen LogP contribution in [0.5, 0.6) is 0 Å². The summed E-state index contributed by atoms with van der Waals surface area (Å²) in [6, 6.07) is 7.54. The fourth-order valence-electron chi connectivity index (χ4n) is 1.34. The molecule has 0 aliphatic rings. The van der Waals surface area contributed by atoms with Crippen LogP contribution in [-0.4, -0.2) is 21.2 Å². The summed E-state index contributed by atoms with van der Waals surface area (Å²) in [6.07, 6.45) is 1.25. The highest BCUT2D eigenvalue weighted by atomic mass is 32.2. The van der Waals surface area contributed by atoms with E-state index in [1.165, 1.54) is 6.26 Å². The van der Waals surface area contributed by atoms with E-state index in [0.29, 0.717) is 5.92 Å². The van der Waals surface area contributed by atoms with Gasteiger partial charge in [-0.3, -0.25) is 0 Å². The van der Waals surface area contributed by atoms with E-state index in [0.717, 1.165) is 17.8 Å². The Morgan fingerprint density at radius 3 is 2.19 bits per heavy atom. The lowest BCUT2D eigenvalue weighted by molar-refractivity contribution is 0.601. The lowest BCUT2D eigenvalue weighted by Gasteiger charge is -2.09. The Balaban J connectivity index is 2.61. The summed E-state index contributed by atoms with van der Waals surface area (Å²) in [5.74, 6) is 0.702. The molecule has 1 rings (SSSR count). The molecule has 0 aliphatic heterocycles. The summed E-state index contributed by atoms with van der Waals surface area (Å²) in [5.41, 5.74) is 1.86. The van der Waals surface area contributed by atoms with E-state index in [1.54, 1.807) is 0 Å². The highest BCUT2D eigenvalue weighted by Crippen LogP contribution is 2.12. The van der Waals surface area contributed by atoms with Gasteiger partial charge >= 0.3 is 0 Å². The van der Waals surface area contributed by atoms with E-state index in [-0.39, 0.29) is 5.75 Å². The van der Waals surface area contributed by atoms with Gasteiger partial charge in [0.2, 0.25) is 0 Å². The van der Waals surface area contributed by atoms with Crippen molar-refractivity contribution in [3.63, 3.8) is 0 Å². The summed E-state index contributed by atoms with van der Waals surface area (Å²) >= 11 is 0. The number of nitrogens with one attached hydrogen (secondary N) is 1. The molecule has 1 N–H and O–H groups in total. The molecule has 0 amide bonds. The van der Waals surface area contributed by atoms with Gasteiger partial charge < -0.3 is 5.32 Å². The molecule has 3 nitrogen and oxygen atoms in total. The first-order valence-electron chi connectivity index (χ1n) is 5.37. The minimum Gasteiger partial charge on any atom is -0.385 e. The van der Waals surface area contributed by atoms with Crippen LogP contribution < -0.4 is 5.32 Å². The number of rotatable bonds is 5. The molecule has 0 heterocycles. The van der Waals surface area contributed by atoms with Crippen LogP contribution in [0.1, 0.15) is 19.4 Å². The summed E-state index contributed by atoms with van der Waals surface area (Å²) in [5, 5.41) is 3.28. The van der Waals surface area contributed by atoms with Crippen molar-refractivity contribution in [3.8, 4) is 0 Å². The van der Waals surface area contributed by atoms with Crippen LogP contribution in [0.4, 0.5) is 5.69 Å². The third kappa shape index (κ3) is 5.16. The molecule has 0 saturated heterocycles. The van der Waals surface area contributed by atoms with Gasteiger partial charge in [-0.2, -0.15) is 0 Å². The molecule has 0 fully saturated rings. The molecule has 1 aromatic carbocycles. The molecule has 0 radical (unpaired) electrons. The van der Waals surface area contributed by atoms with Gasteiger partial charge in [-0.05, 0) is 23.6 Å². The van der Waals surface area contributed by atoms with Crippen molar-refractivity contribution in [2.75, 3.05) is 18.1 Å². The molecule has 0 saturated carbocycles. The van der Waals surface area contributed by atoms with Gasteiger partial charge in [0.15, 0.2) is 9.84 Å². The minimum atomic E-state index is -2.94. The molecule has 16 heavy (non-hydrogen) atoms. The average Bonchev–Trinajstić information content (AvgIpc) is 2.14. The Hall–Kier alpha value is -1.03. The monoisotopic (exact) mass is 241 g/mol. The molecular weight excluding hydrogens is 222 g/mol. The first kappa shape index (κ1) is 13.0. The highest BCUT2D eigenvalue weighted by Gasteiger charge is 2.04. The number of hydrogen-bond acceptors (Lipinski definition) is 3. The molecule has 0 spiro atoms. The second-order valence-electron chi connectivity index (χ2n) is 4.54. The van der Waals surface area contributed by atoms with Crippen molar-refractivity contribution >= 4 is 15.5 Å². The van der Waals surface area contributed by atoms with Crippen molar-refractivity contribution < 1.29 is 8.42 Å². The van der Waals surface area contributed by atoms with Crippen LogP contribution in [0.3, 0.4) is 0 Å². The first-order chi connectivity index (χ1) is 7.37. The predicted octanol–water partition coefficient (Wildman–Crippen LogP) is 2.30.